The molecule has 0 saturated heterocycles. The molecule has 0 aliphatic rings. The summed E-state index contributed by atoms with van der Waals surface area (Å²) in [7, 11) is 1.68. The quantitative estimate of drug-likeness (QED) is 0.605. The zero-order valence-corrected chi connectivity index (χ0v) is 11.7. The Hall–Kier alpha value is -1.24. The summed E-state index contributed by atoms with van der Waals surface area (Å²) in [5.41, 5.74) is 0.907. The van der Waals surface area contributed by atoms with Crippen LogP contribution in [0.5, 0.6) is 5.88 Å². The summed E-state index contributed by atoms with van der Waals surface area (Å²) in [4.78, 5) is 0. The van der Waals surface area contributed by atoms with Crippen molar-refractivity contribution in [2.24, 2.45) is 0 Å². The Morgan fingerprint density at radius 1 is 1.11 bits per heavy atom. The average Bonchev–Trinajstić information content (AvgIpc) is 2.45. The predicted octanol–water partition coefficient (Wildman–Crippen LogP) is 1.02. The molecule has 0 atom stereocenters. The molecule has 0 amide bonds. The van der Waals surface area contributed by atoms with Crippen molar-refractivity contribution in [1.82, 2.24) is 15.5 Å². The average molecular weight is 269 g/mol. The van der Waals surface area contributed by atoms with Gasteiger partial charge in [-0.2, -0.15) is 5.10 Å². The van der Waals surface area contributed by atoms with Crippen LogP contribution in [0.25, 0.3) is 0 Å². The number of methoxy groups -OCH3 is 1. The van der Waals surface area contributed by atoms with Gasteiger partial charge in [0.25, 0.3) is 0 Å². The first-order chi connectivity index (χ1) is 9.36. The molecule has 6 nitrogen and oxygen atoms in total. The van der Waals surface area contributed by atoms with E-state index in [9.17, 15) is 0 Å². The molecule has 0 aliphatic carbocycles. The Labute approximate surface area is 114 Å². The zero-order chi connectivity index (χ0) is 13.8. The highest BCUT2D eigenvalue weighted by molar-refractivity contribution is 5.11. The van der Waals surface area contributed by atoms with Gasteiger partial charge in [0.1, 0.15) is 6.61 Å². The largest absolute Gasteiger partial charge is 0.474 e. The van der Waals surface area contributed by atoms with E-state index in [2.05, 4.69) is 22.4 Å². The van der Waals surface area contributed by atoms with E-state index < -0.39 is 0 Å². The minimum atomic E-state index is 0.480. The molecule has 108 valence electrons. The van der Waals surface area contributed by atoms with Crippen LogP contribution in [-0.4, -0.2) is 50.3 Å². The molecule has 0 aliphatic heterocycles. The van der Waals surface area contributed by atoms with Crippen LogP contribution in [0.3, 0.4) is 0 Å². The summed E-state index contributed by atoms with van der Waals surface area (Å²) in [6, 6.07) is 3.73. The summed E-state index contributed by atoms with van der Waals surface area (Å²) < 4.78 is 15.7. The van der Waals surface area contributed by atoms with Crippen LogP contribution in [0.1, 0.15) is 19.0 Å². The monoisotopic (exact) mass is 269 g/mol. The maximum absolute atomic E-state index is 5.42. The third-order valence-corrected chi connectivity index (χ3v) is 2.37. The number of aromatic nitrogens is 2. The van der Waals surface area contributed by atoms with E-state index >= 15 is 0 Å². The van der Waals surface area contributed by atoms with Crippen LogP contribution in [0, 0.1) is 0 Å². The summed E-state index contributed by atoms with van der Waals surface area (Å²) in [6.45, 7) is 6.13. The van der Waals surface area contributed by atoms with Crippen LogP contribution in [-0.2, 0) is 16.0 Å². The number of nitrogens with zero attached hydrogens (tertiary/aromatic N) is 2. The van der Waals surface area contributed by atoms with Gasteiger partial charge in [0.05, 0.1) is 12.3 Å². The third kappa shape index (κ3) is 7.71. The molecule has 0 fully saturated rings. The van der Waals surface area contributed by atoms with E-state index in [0.717, 1.165) is 31.8 Å². The summed E-state index contributed by atoms with van der Waals surface area (Å²) in [5.74, 6) is 0.528. The maximum Gasteiger partial charge on any atom is 0.233 e. The minimum absolute atomic E-state index is 0.480. The first-order valence-electron chi connectivity index (χ1n) is 6.59. The minimum Gasteiger partial charge on any atom is -0.474 e. The fourth-order valence-corrected chi connectivity index (χ4v) is 1.38. The lowest BCUT2D eigenvalue weighted by Gasteiger charge is -2.06. The van der Waals surface area contributed by atoms with Crippen molar-refractivity contribution in [3.63, 3.8) is 0 Å². The number of rotatable bonds is 11. The highest BCUT2D eigenvalue weighted by Gasteiger charge is 1.98. The van der Waals surface area contributed by atoms with E-state index in [1.165, 1.54) is 0 Å². The van der Waals surface area contributed by atoms with E-state index in [-0.39, 0.29) is 0 Å². The molecule has 0 unspecified atom stereocenters. The zero-order valence-electron chi connectivity index (χ0n) is 11.7. The Balaban J connectivity index is 2.09. The van der Waals surface area contributed by atoms with Crippen LogP contribution in [0.15, 0.2) is 12.1 Å². The van der Waals surface area contributed by atoms with Gasteiger partial charge in [0.15, 0.2) is 0 Å². The van der Waals surface area contributed by atoms with Gasteiger partial charge >= 0.3 is 0 Å². The molecule has 0 spiro atoms. The molecular weight excluding hydrogens is 246 g/mol. The number of hydrogen-bond acceptors (Lipinski definition) is 6. The fraction of sp³-hybridized carbons (Fsp3) is 0.692. The predicted molar refractivity (Wildman–Crippen MR) is 72.2 cm³/mol. The van der Waals surface area contributed by atoms with Crippen LogP contribution < -0.4 is 10.1 Å². The summed E-state index contributed by atoms with van der Waals surface area (Å²) >= 11 is 0. The Morgan fingerprint density at radius 3 is 2.68 bits per heavy atom. The Bertz CT molecular complexity index is 319. The molecule has 0 aromatic carbocycles. The van der Waals surface area contributed by atoms with Gasteiger partial charge in [-0.15, -0.1) is 5.10 Å². The molecule has 1 heterocycles. The molecule has 1 rings (SSSR count). The van der Waals surface area contributed by atoms with Gasteiger partial charge in [0, 0.05) is 32.9 Å². The molecule has 0 saturated carbocycles. The first kappa shape index (κ1) is 15.8. The van der Waals surface area contributed by atoms with Crippen molar-refractivity contribution in [2.75, 3.05) is 40.1 Å². The Morgan fingerprint density at radius 2 is 2.00 bits per heavy atom. The number of hydrogen-bond donors (Lipinski definition) is 1. The standard InChI is InChI=1S/C13H23N3O3/c1-3-14-11-12-5-6-13(16-15-12)19-10-9-18-8-4-7-17-2/h5-6,14H,3-4,7-11H2,1-2H3. The number of ether oxygens (including phenoxy) is 3. The van der Waals surface area contributed by atoms with E-state index in [4.69, 9.17) is 14.2 Å². The van der Waals surface area contributed by atoms with Gasteiger partial charge < -0.3 is 19.5 Å². The maximum atomic E-state index is 5.42. The third-order valence-electron chi connectivity index (χ3n) is 2.37. The number of nitrogens with one attached hydrogen (secondary N) is 1. The van der Waals surface area contributed by atoms with Crippen molar-refractivity contribution < 1.29 is 14.2 Å². The van der Waals surface area contributed by atoms with Gasteiger partial charge in [-0.3, -0.25) is 0 Å². The molecular formula is C13H23N3O3. The molecule has 1 aromatic rings. The first-order valence-corrected chi connectivity index (χ1v) is 6.59. The van der Waals surface area contributed by atoms with E-state index in [1.807, 2.05) is 12.1 Å². The van der Waals surface area contributed by atoms with Gasteiger partial charge in [-0.1, -0.05) is 6.92 Å². The molecule has 1 N–H and O–H groups in total. The van der Waals surface area contributed by atoms with Gasteiger partial charge in [0.2, 0.25) is 5.88 Å². The van der Waals surface area contributed by atoms with Crippen LogP contribution in [0.4, 0.5) is 0 Å². The summed E-state index contributed by atoms with van der Waals surface area (Å²) in [5, 5.41) is 11.2. The highest BCUT2D eigenvalue weighted by atomic mass is 16.5. The van der Waals surface area contributed by atoms with Crippen molar-refractivity contribution in [1.29, 1.82) is 0 Å². The van der Waals surface area contributed by atoms with Crippen LogP contribution >= 0.6 is 0 Å². The highest BCUT2D eigenvalue weighted by Crippen LogP contribution is 2.04. The molecule has 1 aromatic heterocycles. The second-order valence-electron chi connectivity index (χ2n) is 3.95. The van der Waals surface area contributed by atoms with Gasteiger partial charge in [-0.25, -0.2) is 0 Å². The molecule has 0 bridgehead atoms. The SMILES string of the molecule is CCNCc1ccc(OCCOCCCOC)nn1. The molecule has 19 heavy (non-hydrogen) atoms. The lowest BCUT2D eigenvalue weighted by Crippen LogP contribution is -2.14. The van der Waals surface area contributed by atoms with Crippen molar-refractivity contribution in [2.45, 2.75) is 19.9 Å². The Kier molecular flexibility index (Phi) is 8.87. The molecule has 6 heteroatoms. The second-order valence-corrected chi connectivity index (χ2v) is 3.95. The lowest BCUT2D eigenvalue weighted by molar-refractivity contribution is 0.0793. The topological polar surface area (TPSA) is 65.5 Å². The molecule has 0 radical (unpaired) electrons. The summed E-state index contributed by atoms with van der Waals surface area (Å²) in [6.07, 6.45) is 0.898. The lowest BCUT2D eigenvalue weighted by atomic mass is 10.4. The van der Waals surface area contributed by atoms with Crippen LogP contribution in [0.2, 0.25) is 0 Å². The van der Waals surface area contributed by atoms with Crippen molar-refractivity contribution in [3.05, 3.63) is 17.8 Å². The van der Waals surface area contributed by atoms with E-state index in [0.29, 0.717) is 25.7 Å². The second kappa shape index (κ2) is 10.7. The van der Waals surface area contributed by atoms with Crippen molar-refractivity contribution in [3.8, 4) is 5.88 Å². The fourth-order valence-electron chi connectivity index (χ4n) is 1.38. The van der Waals surface area contributed by atoms with Gasteiger partial charge in [-0.05, 0) is 19.0 Å². The smallest absolute Gasteiger partial charge is 0.233 e. The normalized spacial score (nSPS) is 10.6. The van der Waals surface area contributed by atoms with Crippen molar-refractivity contribution >= 4 is 0 Å². The van der Waals surface area contributed by atoms with E-state index in [1.54, 1.807) is 7.11 Å².